The van der Waals surface area contributed by atoms with E-state index in [0.717, 1.165) is 12.1 Å². The van der Waals surface area contributed by atoms with Gasteiger partial charge in [-0.25, -0.2) is 9.18 Å². The normalized spacial score (nSPS) is 10.7. The Morgan fingerprint density at radius 3 is 2.70 bits per heavy atom. The summed E-state index contributed by atoms with van der Waals surface area (Å²) in [7, 11) is 1.52. The first-order valence-corrected chi connectivity index (χ1v) is 7.15. The van der Waals surface area contributed by atoms with Gasteiger partial charge in [0.15, 0.2) is 16.2 Å². The second-order valence-corrected chi connectivity index (χ2v) is 5.30. The zero-order valence-electron chi connectivity index (χ0n) is 11.9. The number of carbonyl (C=O) groups is 1. The van der Waals surface area contributed by atoms with Gasteiger partial charge in [0.2, 0.25) is 0 Å². The lowest BCUT2D eigenvalue weighted by atomic mass is 10.3. The topological polar surface area (TPSA) is 54.7 Å². The van der Waals surface area contributed by atoms with Gasteiger partial charge in [-0.1, -0.05) is 0 Å². The van der Waals surface area contributed by atoms with Crippen LogP contribution < -0.4 is 10.1 Å². The van der Waals surface area contributed by atoms with Crippen molar-refractivity contribution in [3.63, 3.8) is 0 Å². The molecule has 1 aromatic heterocycles. The van der Waals surface area contributed by atoms with E-state index in [2.05, 4.69) is 26.0 Å². The first kappa shape index (κ1) is 17.2. The van der Waals surface area contributed by atoms with Crippen LogP contribution in [0.15, 0.2) is 39.4 Å². The Labute approximate surface area is 138 Å². The SMILES string of the molecule is CN(Cc1ccc(Br)o1)C(=O)Nc1ccc(OC(F)F)c(F)c1. The van der Waals surface area contributed by atoms with Crippen LogP contribution in [-0.2, 0) is 6.54 Å². The lowest BCUT2D eigenvalue weighted by molar-refractivity contribution is -0.0521. The average Bonchev–Trinajstić information content (AvgIpc) is 2.86. The van der Waals surface area contributed by atoms with Crippen LogP contribution in [0.5, 0.6) is 5.75 Å². The Balaban J connectivity index is 1.97. The van der Waals surface area contributed by atoms with Gasteiger partial charge < -0.3 is 19.4 Å². The smallest absolute Gasteiger partial charge is 0.387 e. The molecule has 0 unspecified atom stereocenters. The van der Waals surface area contributed by atoms with Gasteiger partial charge in [-0.15, -0.1) is 0 Å². The van der Waals surface area contributed by atoms with Gasteiger partial charge in [-0.3, -0.25) is 0 Å². The monoisotopic (exact) mass is 392 g/mol. The highest BCUT2D eigenvalue weighted by atomic mass is 79.9. The molecule has 2 aromatic rings. The van der Waals surface area contributed by atoms with Crippen molar-refractivity contribution < 1.29 is 27.1 Å². The van der Waals surface area contributed by atoms with Crippen LogP contribution in [-0.4, -0.2) is 24.6 Å². The zero-order valence-corrected chi connectivity index (χ0v) is 13.4. The third-order valence-corrected chi connectivity index (χ3v) is 3.19. The van der Waals surface area contributed by atoms with Gasteiger partial charge in [0.05, 0.1) is 6.54 Å². The minimum atomic E-state index is -3.12. The fourth-order valence-corrected chi connectivity index (χ4v) is 2.07. The van der Waals surface area contributed by atoms with Crippen molar-refractivity contribution in [2.75, 3.05) is 12.4 Å². The summed E-state index contributed by atoms with van der Waals surface area (Å²) >= 11 is 3.15. The van der Waals surface area contributed by atoms with Crippen LogP contribution in [0.4, 0.5) is 23.7 Å². The Hall–Kier alpha value is -2.16. The van der Waals surface area contributed by atoms with Crippen LogP contribution in [0.1, 0.15) is 5.76 Å². The number of carbonyl (C=O) groups excluding carboxylic acids is 1. The lowest BCUT2D eigenvalue weighted by Crippen LogP contribution is -2.30. The maximum absolute atomic E-state index is 13.6. The molecule has 0 aliphatic carbocycles. The van der Waals surface area contributed by atoms with Gasteiger partial charge in [0.25, 0.3) is 0 Å². The lowest BCUT2D eigenvalue weighted by Gasteiger charge is -2.17. The van der Waals surface area contributed by atoms with E-state index in [1.54, 1.807) is 12.1 Å². The fourth-order valence-electron chi connectivity index (χ4n) is 1.73. The summed E-state index contributed by atoms with van der Waals surface area (Å²) in [5, 5.41) is 2.44. The van der Waals surface area contributed by atoms with Gasteiger partial charge >= 0.3 is 12.6 Å². The van der Waals surface area contributed by atoms with E-state index in [0.29, 0.717) is 10.4 Å². The second-order valence-electron chi connectivity index (χ2n) is 4.52. The number of nitrogens with one attached hydrogen (secondary N) is 1. The number of hydrogen-bond donors (Lipinski definition) is 1. The van der Waals surface area contributed by atoms with Crippen LogP contribution >= 0.6 is 15.9 Å². The fraction of sp³-hybridized carbons (Fsp3) is 0.214. The van der Waals surface area contributed by atoms with Gasteiger partial charge in [0.1, 0.15) is 5.76 Å². The predicted octanol–water partition coefficient (Wildman–Crippen LogP) is 4.45. The maximum Gasteiger partial charge on any atom is 0.387 e. The third kappa shape index (κ3) is 4.92. The summed E-state index contributed by atoms with van der Waals surface area (Å²) in [5.41, 5.74) is 0.113. The molecule has 23 heavy (non-hydrogen) atoms. The number of rotatable bonds is 5. The Bertz CT molecular complexity index is 694. The number of furan rings is 1. The van der Waals surface area contributed by atoms with E-state index in [1.807, 2.05) is 0 Å². The first-order chi connectivity index (χ1) is 10.8. The molecule has 0 fully saturated rings. The van der Waals surface area contributed by atoms with Crippen LogP contribution in [0, 0.1) is 5.82 Å². The zero-order chi connectivity index (χ0) is 17.0. The predicted molar refractivity (Wildman–Crippen MR) is 79.9 cm³/mol. The highest BCUT2D eigenvalue weighted by Gasteiger charge is 2.14. The number of anilines is 1. The molecule has 5 nitrogen and oxygen atoms in total. The van der Waals surface area contributed by atoms with E-state index in [9.17, 15) is 18.0 Å². The largest absolute Gasteiger partial charge is 0.452 e. The van der Waals surface area contributed by atoms with Crippen LogP contribution in [0.25, 0.3) is 0 Å². The van der Waals surface area contributed by atoms with Crippen molar-refractivity contribution in [1.82, 2.24) is 4.90 Å². The van der Waals surface area contributed by atoms with Crippen molar-refractivity contribution in [3.05, 3.63) is 46.6 Å². The Morgan fingerprint density at radius 2 is 2.13 bits per heavy atom. The average molecular weight is 393 g/mol. The molecule has 1 aromatic carbocycles. The molecule has 0 saturated carbocycles. The minimum Gasteiger partial charge on any atom is -0.452 e. The molecule has 0 atom stereocenters. The summed E-state index contributed by atoms with van der Waals surface area (Å²) in [6.45, 7) is -2.92. The van der Waals surface area contributed by atoms with E-state index in [1.165, 1.54) is 18.0 Å². The number of benzene rings is 1. The summed E-state index contributed by atoms with van der Waals surface area (Å²) in [6, 6.07) is 6.05. The summed E-state index contributed by atoms with van der Waals surface area (Å²) < 4.78 is 47.5. The van der Waals surface area contributed by atoms with Crippen molar-refractivity contribution in [1.29, 1.82) is 0 Å². The van der Waals surface area contributed by atoms with Crippen molar-refractivity contribution in [3.8, 4) is 5.75 Å². The first-order valence-electron chi connectivity index (χ1n) is 6.36. The molecule has 9 heteroatoms. The molecule has 1 heterocycles. The molecule has 0 spiro atoms. The maximum atomic E-state index is 13.6. The summed E-state index contributed by atoms with van der Waals surface area (Å²) in [4.78, 5) is 13.3. The number of urea groups is 1. The number of alkyl halides is 2. The highest BCUT2D eigenvalue weighted by Crippen LogP contribution is 2.23. The van der Waals surface area contributed by atoms with Crippen molar-refractivity contribution >= 4 is 27.6 Å². The molecule has 2 amide bonds. The van der Waals surface area contributed by atoms with E-state index < -0.39 is 24.2 Å². The molecular weight excluding hydrogens is 381 g/mol. The molecular formula is C14H12BrF3N2O3. The van der Waals surface area contributed by atoms with E-state index in [4.69, 9.17) is 4.42 Å². The quantitative estimate of drug-likeness (QED) is 0.817. The van der Waals surface area contributed by atoms with E-state index in [-0.39, 0.29) is 12.2 Å². The molecule has 0 bridgehead atoms. The molecule has 0 aliphatic heterocycles. The second kappa shape index (κ2) is 7.40. The van der Waals surface area contributed by atoms with Gasteiger partial charge in [0, 0.05) is 18.8 Å². The number of amides is 2. The minimum absolute atomic E-state index is 0.113. The van der Waals surface area contributed by atoms with Crippen LogP contribution in [0.3, 0.4) is 0 Å². The number of ether oxygens (including phenoxy) is 1. The molecule has 0 aliphatic rings. The van der Waals surface area contributed by atoms with Crippen molar-refractivity contribution in [2.24, 2.45) is 0 Å². The highest BCUT2D eigenvalue weighted by molar-refractivity contribution is 9.10. The molecule has 124 valence electrons. The van der Waals surface area contributed by atoms with Gasteiger partial charge in [-0.05, 0) is 40.2 Å². The standard InChI is InChI=1S/C14H12BrF3N2O3/c1-20(7-9-3-5-12(15)22-9)14(21)19-8-2-4-11(10(16)6-8)23-13(17)18/h2-6,13H,7H2,1H3,(H,19,21). The molecule has 1 N–H and O–H groups in total. The Morgan fingerprint density at radius 1 is 1.39 bits per heavy atom. The molecule has 0 saturated heterocycles. The summed E-state index contributed by atoms with van der Waals surface area (Å²) in [5.74, 6) is -1.03. The molecule has 0 radical (unpaired) electrons. The number of nitrogens with zero attached hydrogens (tertiary/aromatic N) is 1. The number of halogens is 4. The molecule has 2 rings (SSSR count). The number of hydrogen-bond acceptors (Lipinski definition) is 3. The third-order valence-electron chi connectivity index (χ3n) is 2.77. The van der Waals surface area contributed by atoms with Crippen LogP contribution in [0.2, 0.25) is 0 Å². The summed E-state index contributed by atoms with van der Waals surface area (Å²) in [6.07, 6.45) is 0. The van der Waals surface area contributed by atoms with Gasteiger partial charge in [-0.2, -0.15) is 8.78 Å². The Kier molecular flexibility index (Phi) is 5.54. The van der Waals surface area contributed by atoms with Crippen molar-refractivity contribution in [2.45, 2.75) is 13.2 Å². The van der Waals surface area contributed by atoms with E-state index >= 15 is 0 Å².